The first-order chi connectivity index (χ1) is 13.0. The molecule has 2 aromatic heterocycles. The van der Waals surface area contributed by atoms with E-state index in [1.807, 2.05) is 18.2 Å². The van der Waals surface area contributed by atoms with Gasteiger partial charge in [-0.1, -0.05) is 70.7 Å². The molecule has 2 aromatic carbocycles. The lowest BCUT2D eigenvalue weighted by atomic mass is 10.1. The number of para-hydroxylation sites is 1. The van der Waals surface area contributed by atoms with E-state index in [4.69, 9.17) is 46.4 Å². The molecule has 0 amide bonds. The van der Waals surface area contributed by atoms with Crippen molar-refractivity contribution in [3.8, 4) is 16.9 Å². The van der Waals surface area contributed by atoms with Crippen molar-refractivity contribution < 1.29 is 0 Å². The van der Waals surface area contributed by atoms with Crippen molar-refractivity contribution >= 4 is 57.3 Å². The van der Waals surface area contributed by atoms with Crippen LogP contribution in [-0.2, 0) is 0 Å². The fourth-order valence-corrected chi connectivity index (χ4v) is 4.04. The topological polar surface area (TPSA) is 34.9 Å². The summed E-state index contributed by atoms with van der Waals surface area (Å²) in [6.07, 6.45) is 1.49. The van der Waals surface area contributed by atoms with Crippen LogP contribution in [0.1, 0.15) is 0 Å². The van der Waals surface area contributed by atoms with E-state index in [1.165, 1.54) is 16.8 Å². The quantitative estimate of drug-likeness (QED) is 0.352. The van der Waals surface area contributed by atoms with Gasteiger partial charge in [0.15, 0.2) is 0 Å². The van der Waals surface area contributed by atoms with Gasteiger partial charge in [0, 0.05) is 28.2 Å². The van der Waals surface area contributed by atoms with Gasteiger partial charge in [-0.05, 0) is 24.3 Å². The molecule has 0 unspecified atom stereocenters. The summed E-state index contributed by atoms with van der Waals surface area (Å²) >= 11 is 25.5. The summed E-state index contributed by atoms with van der Waals surface area (Å²) in [5.74, 6) is 0. The van der Waals surface area contributed by atoms with E-state index in [2.05, 4.69) is 4.98 Å². The number of halogens is 4. The van der Waals surface area contributed by atoms with Gasteiger partial charge in [0.25, 0.3) is 5.56 Å². The average Bonchev–Trinajstić information content (AvgIpc) is 2.64. The Morgan fingerprint density at radius 1 is 0.741 bits per heavy atom. The van der Waals surface area contributed by atoms with Crippen LogP contribution in [0.15, 0.2) is 65.6 Å². The molecular weight excluding hydrogens is 426 g/mol. The highest BCUT2D eigenvalue weighted by Gasteiger charge is 2.18. The summed E-state index contributed by atoms with van der Waals surface area (Å²) in [5.41, 5.74) is 1.86. The van der Waals surface area contributed by atoms with Crippen LogP contribution in [0, 0.1) is 0 Å². The Morgan fingerprint density at radius 3 is 2.11 bits per heavy atom. The van der Waals surface area contributed by atoms with Gasteiger partial charge in [-0.15, -0.1) is 0 Å². The van der Waals surface area contributed by atoms with E-state index in [9.17, 15) is 4.79 Å². The summed E-state index contributed by atoms with van der Waals surface area (Å²) in [7, 11) is 0. The van der Waals surface area contributed by atoms with Crippen LogP contribution in [-0.4, -0.2) is 9.55 Å². The third kappa shape index (κ3) is 3.11. The van der Waals surface area contributed by atoms with Gasteiger partial charge in [0.1, 0.15) is 0 Å². The molecule has 0 atom stereocenters. The molecule has 27 heavy (non-hydrogen) atoms. The second-order valence-corrected chi connectivity index (χ2v) is 7.40. The molecule has 3 nitrogen and oxygen atoms in total. The molecular formula is C20H10Cl4N2O. The summed E-state index contributed by atoms with van der Waals surface area (Å²) in [5, 5.41) is 2.18. The van der Waals surface area contributed by atoms with Gasteiger partial charge in [-0.2, -0.15) is 0 Å². The highest BCUT2D eigenvalue weighted by Crippen LogP contribution is 2.36. The number of pyridine rings is 2. The SMILES string of the molecule is O=c1ccc2c(-c3ccccc3Cl)ncc(Cl)c2n1-c1c(Cl)cccc1Cl. The smallest absolute Gasteiger partial charge is 0.255 e. The lowest BCUT2D eigenvalue weighted by molar-refractivity contribution is 1.04. The fourth-order valence-electron chi connectivity index (χ4n) is 3.01. The normalized spacial score (nSPS) is 11.1. The molecule has 0 saturated heterocycles. The van der Waals surface area contributed by atoms with Crippen molar-refractivity contribution in [1.82, 2.24) is 9.55 Å². The molecule has 4 aromatic rings. The maximum absolute atomic E-state index is 12.7. The Labute approximate surface area is 174 Å². The second-order valence-electron chi connectivity index (χ2n) is 5.77. The number of hydrogen-bond acceptors (Lipinski definition) is 2. The standard InChI is InChI=1S/C20H10Cl4N2O/c21-13-5-2-1-4-11(13)18-12-8-9-17(27)26(19(12)16(24)10-25-18)20-14(22)6-3-7-15(20)23/h1-10H. The lowest BCUT2D eigenvalue weighted by Gasteiger charge is -2.16. The van der Waals surface area contributed by atoms with Crippen LogP contribution in [0.5, 0.6) is 0 Å². The molecule has 0 saturated carbocycles. The minimum Gasteiger partial charge on any atom is -0.272 e. The van der Waals surface area contributed by atoms with E-state index >= 15 is 0 Å². The van der Waals surface area contributed by atoms with Gasteiger partial charge in [0.2, 0.25) is 0 Å². The summed E-state index contributed by atoms with van der Waals surface area (Å²) in [6, 6.07) is 15.5. The van der Waals surface area contributed by atoms with Crippen molar-refractivity contribution in [2.75, 3.05) is 0 Å². The zero-order chi connectivity index (χ0) is 19.1. The number of fused-ring (bicyclic) bond motifs is 1. The van der Waals surface area contributed by atoms with Crippen molar-refractivity contribution in [3.63, 3.8) is 0 Å². The summed E-state index contributed by atoms with van der Waals surface area (Å²) in [4.78, 5) is 17.2. The van der Waals surface area contributed by atoms with Crippen LogP contribution in [0.4, 0.5) is 0 Å². The first-order valence-electron chi connectivity index (χ1n) is 7.88. The van der Waals surface area contributed by atoms with Crippen molar-refractivity contribution in [2.24, 2.45) is 0 Å². The minimum atomic E-state index is -0.310. The summed E-state index contributed by atoms with van der Waals surface area (Å²) in [6.45, 7) is 0. The molecule has 7 heteroatoms. The maximum atomic E-state index is 12.7. The number of rotatable bonds is 2. The third-order valence-corrected chi connectivity index (χ3v) is 5.39. The highest BCUT2D eigenvalue weighted by atomic mass is 35.5. The van der Waals surface area contributed by atoms with Gasteiger partial charge in [-0.25, -0.2) is 0 Å². The third-order valence-electron chi connectivity index (χ3n) is 4.17. The molecule has 0 N–H and O–H groups in total. The Bertz CT molecular complexity index is 1230. The molecule has 0 aliphatic rings. The number of nitrogens with zero attached hydrogens (tertiary/aromatic N) is 2. The molecule has 2 heterocycles. The lowest BCUT2D eigenvalue weighted by Crippen LogP contribution is -2.18. The predicted molar refractivity (Wildman–Crippen MR) is 113 cm³/mol. The largest absolute Gasteiger partial charge is 0.272 e. The van der Waals surface area contributed by atoms with E-state index in [0.29, 0.717) is 42.4 Å². The Hall–Kier alpha value is -2.04. The van der Waals surface area contributed by atoms with Crippen LogP contribution < -0.4 is 5.56 Å². The molecule has 0 spiro atoms. The Morgan fingerprint density at radius 2 is 1.41 bits per heavy atom. The van der Waals surface area contributed by atoms with Crippen molar-refractivity contribution in [3.05, 3.63) is 91.2 Å². The fraction of sp³-hybridized carbons (Fsp3) is 0. The molecule has 0 bridgehead atoms. The molecule has 0 radical (unpaired) electrons. The maximum Gasteiger partial charge on any atom is 0.255 e. The van der Waals surface area contributed by atoms with Crippen molar-refractivity contribution in [2.45, 2.75) is 0 Å². The Kier molecular flexibility index (Phi) is 4.87. The van der Waals surface area contributed by atoms with E-state index in [0.717, 1.165) is 5.56 Å². The van der Waals surface area contributed by atoms with Gasteiger partial charge in [-0.3, -0.25) is 14.3 Å². The number of benzene rings is 2. The van der Waals surface area contributed by atoms with Gasteiger partial charge < -0.3 is 0 Å². The zero-order valence-electron chi connectivity index (χ0n) is 13.6. The van der Waals surface area contributed by atoms with Gasteiger partial charge >= 0.3 is 0 Å². The van der Waals surface area contributed by atoms with Crippen LogP contribution in [0.25, 0.3) is 27.8 Å². The van der Waals surface area contributed by atoms with Crippen LogP contribution in [0.2, 0.25) is 20.1 Å². The molecule has 0 aliphatic heterocycles. The molecule has 0 fully saturated rings. The van der Waals surface area contributed by atoms with Crippen LogP contribution in [0.3, 0.4) is 0 Å². The monoisotopic (exact) mass is 434 g/mol. The van der Waals surface area contributed by atoms with E-state index in [-0.39, 0.29) is 5.56 Å². The van der Waals surface area contributed by atoms with Crippen LogP contribution >= 0.6 is 46.4 Å². The number of aromatic nitrogens is 2. The van der Waals surface area contributed by atoms with E-state index < -0.39 is 0 Å². The predicted octanol–water partition coefficient (Wildman–Crippen LogP) is 6.67. The molecule has 0 aliphatic carbocycles. The molecule has 4 rings (SSSR count). The molecule has 134 valence electrons. The average molecular weight is 436 g/mol. The van der Waals surface area contributed by atoms with Crippen molar-refractivity contribution in [1.29, 1.82) is 0 Å². The Balaban J connectivity index is 2.17. The minimum absolute atomic E-state index is 0.300. The van der Waals surface area contributed by atoms with Gasteiger partial charge in [0.05, 0.1) is 32.0 Å². The number of hydrogen-bond donors (Lipinski definition) is 0. The summed E-state index contributed by atoms with van der Waals surface area (Å²) < 4.78 is 1.41. The first-order valence-corrected chi connectivity index (χ1v) is 9.40. The first kappa shape index (κ1) is 18.3. The van der Waals surface area contributed by atoms with E-state index in [1.54, 1.807) is 30.3 Å². The second kappa shape index (κ2) is 7.17. The highest BCUT2D eigenvalue weighted by molar-refractivity contribution is 6.39. The zero-order valence-corrected chi connectivity index (χ0v) is 16.6.